The molecule has 2 heterocycles. The van der Waals surface area contributed by atoms with Gasteiger partial charge < -0.3 is 5.32 Å². The normalized spacial score (nSPS) is 16.1. The summed E-state index contributed by atoms with van der Waals surface area (Å²) in [6, 6.07) is 8.42. The zero-order valence-corrected chi connectivity index (χ0v) is 18.3. The summed E-state index contributed by atoms with van der Waals surface area (Å²) >= 11 is 6.15. The minimum absolute atomic E-state index is 0.00633. The van der Waals surface area contributed by atoms with Crippen molar-refractivity contribution < 1.29 is 13.2 Å². The Morgan fingerprint density at radius 1 is 1.21 bits per heavy atom. The number of nitrogens with one attached hydrogen (secondary N) is 1. The van der Waals surface area contributed by atoms with Gasteiger partial charge in [0.15, 0.2) is 0 Å². The molecule has 7 nitrogen and oxygen atoms in total. The maximum absolute atomic E-state index is 12.7. The number of benzene rings is 1. The van der Waals surface area contributed by atoms with Gasteiger partial charge in [-0.3, -0.25) is 9.48 Å². The highest BCUT2D eigenvalue weighted by molar-refractivity contribution is 7.89. The van der Waals surface area contributed by atoms with E-state index in [0.29, 0.717) is 48.9 Å². The van der Waals surface area contributed by atoms with Crippen LogP contribution < -0.4 is 5.32 Å². The maximum Gasteiger partial charge on any atom is 0.243 e. The van der Waals surface area contributed by atoms with Crippen LogP contribution in [0.1, 0.15) is 30.7 Å². The molecule has 9 heteroatoms. The fraction of sp³-hybridized carbons (Fsp3) is 0.500. The van der Waals surface area contributed by atoms with Gasteiger partial charge in [0.1, 0.15) is 0 Å². The molecule has 158 valence electrons. The SMILES string of the molecule is Cc1nn(CCCNC(=O)C2CCN(S(=O)(=O)c3ccccc3)CC2)c(C)c1Cl. The summed E-state index contributed by atoms with van der Waals surface area (Å²) in [5.74, 6) is -0.159. The highest BCUT2D eigenvalue weighted by Gasteiger charge is 2.31. The molecular weight excluding hydrogens is 412 g/mol. The van der Waals surface area contributed by atoms with Crippen molar-refractivity contribution in [1.82, 2.24) is 19.4 Å². The number of carbonyl (C=O) groups is 1. The maximum atomic E-state index is 12.7. The average molecular weight is 439 g/mol. The van der Waals surface area contributed by atoms with E-state index < -0.39 is 10.0 Å². The number of sulfonamides is 1. The smallest absolute Gasteiger partial charge is 0.243 e. The molecule has 0 spiro atoms. The molecule has 1 saturated heterocycles. The molecule has 1 amide bonds. The number of rotatable bonds is 7. The van der Waals surface area contributed by atoms with E-state index in [1.807, 2.05) is 18.5 Å². The van der Waals surface area contributed by atoms with E-state index in [9.17, 15) is 13.2 Å². The second-order valence-corrected chi connectivity index (χ2v) is 9.66. The van der Waals surface area contributed by atoms with E-state index in [-0.39, 0.29) is 11.8 Å². The molecule has 2 aromatic rings. The number of hydrogen-bond acceptors (Lipinski definition) is 4. The fourth-order valence-electron chi connectivity index (χ4n) is 3.58. The molecule has 0 saturated carbocycles. The number of nitrogens with zero attached hydrogens (tertiary/aromatic N) is 3. The van der Waals surface area contributed by atoms with Crippen molar-refractivity contribution in [3.8, 4) is 0 Å². The van der Waals surface area contributed by atoms with Gasteiger partial charge in [0.25, 0.3) is 0 Å². The van der Waals surface area contributed by atoms with Gasteiger partial charge in [-0.05, 0) is 45.2 Å². The van der Waals surface area contributed by atoms with E-state index in [4.69, 9.17) is 11.6 Å². The molecular formula is C20H27ClN4O3S. The Morgan fingerprint density at radius 2 is 1.86 bits per heavy atom. The summed E-state index contributed by atoms with van der Waals surface area (Å²) in [4.78, 5) is 12.7. The molecule has 1 aromatic carbocycles. The molecule has 1 aliphatic rings. The predicted octanol–water partition coefficient (Wildman–Crippen LogP) is 2.76. The first kappa shape index (κ1) is 21.8. The van der Waals surface area contributed by atoms with Crippen molar-refractivity contribution in [3.63, 3.8) is 0 Å². The summed E-state index contributed by atoms with van der Waals surface area (Å²) in [5, 5.41) is 8.04. The van der Waals surface area contributed by atoms with Crippen LogP contribution in [-0.4, -0.2) is 48.0 Å². The first-order chi connectivity index (χ1) is 13.8. The third-order valence-electron chi connectivity index (χ3n) is 5.34. The summed E-state index contributed by atoms with van der Waals surface area (Å²) in [5.41, 5.74) is 1.74. The molecule has 1 fully saturated rings. The van der Waals surface area contributed by atoms with Crippen LogP contribution in [0.3, 0.4) is 0 Å². The van der Waals surface area contributed by atoms with Crippen LogP contribution in [0.15, 0.2) is 35.2 Å². The highest BCUT2D eigenvalue weighted by atomic mass is 35.5. The van der Waals surface area contributed by atoms with Crippen LogP contribution in [0.4, 0.5) is 0 Å². The van der Waals surface area contributed by atoms with Gasteiger partial charge in [0, 0.05) is 32.1 Å². The molecule has 0 bridgehead atoms. The number of aromatic nitrogens is 2. The van der Waals surface area contributed by atoms with E-state index in [0.717, 1.165) is 17.8 Å². The van der Waals surface area contributed by atoms with Gasteiger partial charge in [-0.1, -0.05) is 29.8 Å². The number of amides is 1. The van der Waals surface area contributed by atoms with Crippen LogP contribution in [0.2, 0.25) is 5.02 Å². The van der Waals surface area contributed by atoms with Crippen LogP contribution in [-0.2, 0) is 21.4 Å². The van der Waals surface area contributed by atoms with Crippen LogP contribution in [0.5, 0.6) is 0 Å². The monoisotopic (exact) mass is 438 g/mol. The first-order valence-corrected chi connectivity index (χ1v) is 11.6. The van der Waals surface area contributed by atoms with E-state index in [1.165, 1.54) is 4.31 Å². The predicted molar refractivity (Wildman–Crippen MR) is 112 cm³/mol. The Bertz CT molecular complexity index is 952. The van der Waals surface area contributed by atoms with Gasteiger partial charge in [-0.2, -0.15) is 9.40 Å². The Morgan fingerprint density at radius 3 is 2.45 bits per heavy atom. The van der Waals surface area contributed by atoms with Gasteiger partial charge in [0.2, 0.25) is 15.9 Å². The molecule has 3 rings (SSSR count). The van der Waals surface area contributed by atoms with Crippen molar-refractivity contribution in [2.24, 2.45) is 5.92 Å². The lowest BCUT2D eigenvalue weighted by Crippen LogP contribution is -2.43. The van der Waals surface area contributed by atoms with Gasteiger partial charge in [-0.25, -0.2) is 8.42 Å². The number of piperidine rings is 1. The largest absolute Gasteiger partial charge is 0.356 e. The second-order valence-electron chi connectivity index (χ2n) is 7.34. The van der Waals surface area contributed by atoms with E-state index >= 15 is 0 Å². The lowest BCUT2D eigenvalue weighted by molar-refractivity contribution is -0.126. The number of carbonyl (C=O) groups excluding carboxylic acids is 1. The van der Waals surface area contributed by atoms with Crippen molar-refractivity contribution in [3.05, 3.63) is 46.7 Å². The second kappa shape index (κ2) is 9.28. The minimum Gasteiger partial charge on any atom is -0.356 e. The molecule has 29 heavy (non-hydrogen) atoms. The number of aryl methyl sites for hydroxylation is 2. The minimum atomic E-state index is -3.49. The van der Waals surface area contributed by atoms with Crippen LogP contribution in [0.25, 0.3) is 0 Å². The standard InChI is InChI=1S/C20H27ClN4O3S/c1-15-19(21)16(2)25(23-15)12-6-11-22-20(26)17-9-13-24(14-10-17)29(27,28)18-7-4-3-5-8-18/h3-5,7-8,17H,6,9-14H2,1-2H3,(H,22,26). The van der Waals surface area contributed by atoms with Gasteiger partial charge in [-0.15, -0.1) is 0 Å². The Labute approximate surface area is 177 Å². The highest BCUT2D eigenvalue weighted by Crippen LogP contribution is 2.24. The zero-order chi connectivity index (χ0) is 21.0. The van der Waals surface area contributed by atoms with Crippen LogP contribution in [0, 0.1) is 19.8 Å². The topological polar surface area (TPSA) is 84.3 Å². The first-order valence-electron chi connectivity index (χ1n) is 9.83. The lowest BCUT2D eigenvalue weighted by atomic mass is 9.97. The van der Waals surface area contributed by atoms with E-state index in [1.54, 1.807) is 30.3 Å². The molecule has 0 atom stereocenters. The van der Waals surface area contributed by atoms with E-state index in [2.05, 4.69) is 10.4 Å². The quantitative estimate of drug-likeness (QED) is 0.673. The summed E-state index contributed by atoms with van der Waals surface area (Å²) < 4.78 is 28.7. The van der Waals surface area contributed by atoms with Crippen molar-refractivity contribution in [1.29, 1.82) is 0 Å². The van der Waals surface area contributed by atoms with Crippen molar-refractivity contribution in [2.75, 3.05) is 19.6 Å². The molecule has 0 aliphatic carbocycles. The molecule has 1 aromatic heterocycles. The molecule has 1 N–H and O–H groups in total. The van der Waals surface area contributed by atoms with Crippen molar-refractivity contribution in [2.45, 2.75) is 44.6 Å². The van der Waals surface area contributed by atoms with Gasteiger partial charge >= 0.3 is 0 Å². The molecule has 1 aliphatic heterocycles. The number of hydrogen-bond donors (Lipinski definition) is 1. The van der Waals surface area contributed by atoms with Crippen molar-refractivity contribution >= 4 is 27.5 Å². The summed E-state index contributed by atoms with van der Waals surface area (Å²) in [6.45, 7) is 5.76. The summed E-state index contributed by atoms with van der Waals surface area (Å²) in [7, 11) is -3.49. The molecule has 0 radical (unpaired) electrons. The Hall–Kier alpha value is -1.90. The van der Waals surface area contributed by atoms with Gasteiger partial charge in [0.05, 0.1) is 21.3 Å². The third-order valence-corrected chi connectivity index (χ3v) is 7.80. The number of halogens is 1. The zero-order valence-electron chi connectivity index (χ0n) is 16.8. The Balaban J connectivity index is 1.44. The third kappa shape index (κ3) is 4.99. The average Bonchev–Trinajstić information content (AvgIpc) is 2.98. The lowest BCUT2D eigenvalue weighted by Gasteiger charge is -2.30. The summed E-state index contributed by atoms with van der Waals surface area (Å²) in [6.07, 6.45) is 1.82. The van der Waals surface area contributed by atoms with Crippen LogP contribution >= 0.6 is 11.6 Å². The molecule has 0 unspecified atom stereocenters. The fourth-order valence-corrected chi connectivity index (χ4v) is 5.20. The Kier molecular flexibility index (Phi) is 6.97.